The number of aryl methyl sites for hydroxylation is 1. The second-order valence-electron chi connectivity index (χ2n) is 2.48. The average molecular weight is 197 g/mol. The largest absolute Gasteiger partial charge is 0.309 e. The summed E-state index contributed by atoms with van der Waals surface area (Å²) in [6.45, 7) is 0. The number of hydrogen-bond acceptors (Lipinski definition) is 4. The van der Waals surface area contributed by atoms with Gasteiger partial charge in [-0.25, -0.2) is 15.0 Å². The van der Waals surface area contributed by atoms with Gasteiger partial charge in [-0.15, -0.1) is 0 Å². The summed E-state index contributed by atoms with van der Waals surface area (Å²) in [6, 6.07) is 0. The molecule has 0 saturated heterocycles. The molecule has 0 aliphatic heterocycles. The number of aromatic nitrogens is 4. The molecule has 0 N–H and O–H groups in total. The molecule has 66 valence electrons. The number of aldehydes is 1. The van der Waals surface area contributed by atoms with Gasteiger partial charge in [0.2, 0.25) is 0 Å². The topological polar surface area (TPSA) is 60.7 Å². The molecule has 13 heavy (non-hydrogen) atoms. The van der Waals surface area contributed by atoms with Crippen molar-refractivity contribution in [2.24, 2.45) is 7.05 Å². The van der Waals surface area contributed by atoms with Gasteiger partial charge in [0.05, 0.1) is 0 Å². The van der Waals surface area contributed by atoms with E-state index in [0.29, 0.717) is 17.5 Å². The van der Waals surface area contributed by atoms with E-state index >= 15 is 0 Å². The molecule has 6 heteroatoms. The van der Waals surface area contributed by atoms with Crippen LogP contribution in [-0.2, 0) is 7.05 Å². The van der Waals surface area contributed by atoms with Gasteiger partial charge in [-0.1, -0.05) is 11.6 Å². The smallest absolute Gasteiger partial charge is 0.185 e. The summed E-state index contributed by atoms with van der Waals surface area (Å²) in [5.74, 6) is 0.289. The summed E-state index contributed by atoms with van der Waals surface area (Å²) in [5, 5.41) is 0.258. The molecule has 2 aromatic heterocycles. The summed E-state index contributed by atoms with van der Waals surface area (Å²) in [4.78, 5) is 22.2. The van der Waals surface area contributed by atoms with Crippen molar-refractivity contribution >= 4 is 29.1 Å². The molecule has 0 fully saturated rings. The summed E-state index contributed by atoms with van der Waals surface area (Å²) in [7, 11) is 1.70. The van der Waals surface area contributed by atoms with Crippen LogP contribution < -0.4 is 0 Å². The lowest BCUT2D eigenvalue weighted by atomic mass is 10.6. The van der Waals surface area contributed by atoms with Crippen molar-refractivity contribution in [3.05, 3.63) is 17.3 Å². The average Bonchev–Trinajstić information content (AvgIpc) is 2.45. The van der Waals surface area contributed by atoms with Crippen LogP contribution in [0.15, 0.2) is 6.33 Å². The Balaban J connectivity index is 2.91. The van der Waals surface area contributed by atoms with Gasteiger partial charge >= 0.3 is 0 Å². The zero-order chi connectivity index (χ0) is 9.42. The van der Waals surface area contributed by atoms with E-state index in [1.165, 1.54) is 6.33 Å². The molecule has 2 heterocycles. The van der Waals surface area contributed by atoms with Crippen molar-refractivity contribution in [2.75, 3.05) is 0 Å². The first-order chi connectivity index (χ1) is 6.24. The van der Waals surface area contributed by atoms with Crippen molar-refractivity contribution in [3.8, 4) is 0 Å². The Morgan fingerprint density at radius 2 is 2.31 bits per heavy atom. The number of rotatable bonds is 1. The standard InChI is InChI=1S/C7H5ClN4O/c1-12-4(2-13)11-5-6(8)9-3-10-7(5)12/h2-3H,1H3. The summed E-state index contributed by atoms with van der Waals surface area (Å²) < 4.78 is 1.57. The van der Waals surface area contributed by atoms with Crippen LogP contribution in [0.3, 0.4) is 0 Å². The maximum Gasteiger partial charge on any atom is 0.185 e. The molecule has 0 saturated carbocycles. The second-order valence-corrected chi connectivity index (χ2v) is 2.84. The highest BCUT2D eigenvalue weighted by atomic mass is 35.5. The fourth-order valence-electron chi connectivity index (χ4n) is 1.09. The molecule has 0 bridgehead atoms. The van der Waals surface area contributed by atoms with Gasteiger partial charge in [0.25, 0.3) is 0 Å². The van der Waals surface area contributed by atoms with Crippen LogP contribution in [0.1, 0.15) is 10.6 Å². The third kappa shape index (κ3) is 1.08. The van der Waals surface area contributed by atoms with Gasteiger partial charge in [0.1, 0.15) is 11.8 Å². The van der Waals surface area contributed by atoms with Gasteiger partial charge in [0, 0.05) is 7.05 Å². The normalized spacial score (nSPS) is 10.6. The lowest BCUT2D eigenvalue weighted by Gasteiger charge is -1.93. The third-order valence-corrected chi connectivity index (χ3v) is 2.03. The first kappa shape index (κ1) is 8.12. The lowest BCUT2D eigenvalue weighted by molar-refractivity contribution is 0.111. The Morgan fingerprint density at radius 1 is 1.54 bits per heavy atom. The van der Waals surface area contributed by atoms with Crippen LogP contribution in [-0.4, -0.2) is 25.8 Å². The van der Waals surface area contributed by atoms with Crippen LogP contribution in [0, 0.1) is 0 Å². The minimum atomic E-state index is 0.258. The molecule has 0 spiro atoms. The fraction of sp³-hybridized carbons (Fsp3) is 0.143. The van der Waals surface area contributed by atoms with E-state index < -0.39 is 0 Å². The Hall–Kier alpha value is -1.49. The quantitative estimate of drug-likeness (QED) is 0.501. The van der Waals surface area contributed by atoms with Gasteiger partial charge in [-0.3, -0.25) is 4.79 Å². The molecule has 0 aromatic carbocycles. The Bertz CT molecular complexity index is 479. The number of imidazole rings is 1. The van der Waals surface area contributed by atoms with E-state index in [1.807, 2.05) is 0 Å². The predicted octanol–water partition coefficient (Wildman–Crippen LogP) is 0.829. The highest BCUT2D eigenvalue weighted by molar-refractivity contribution is 6.33. The van der Waals surface area contributed by atoms with Crippen molar-refractivity contribution in [1.82, 2.24) is 19.5 Å². The van der Waals surface area contributed by atoms with E-state index in [0.717, 1.165) is 0 Å². The number of fused-ring (bicyclic) bond motifs is 1. The molecule has 0 atom stereocenters. The predicted molar refractivity (Wildman–Crippen MR) is 46.7 cm³/mol. The molecule has 0 amide bonds. The number of carbonyl (C=O) groups excluding carboxylic acids is 1. The zero-order valence-corrected chi connectivity index (χ0v) is 7.49. The molecular formula is C7H5ClN4O. The SMILES string of the molecule is Cn1c(C=O)nc2c(Cl)ncnc21. The van der Waals surface area contributed by atoms with E-state index in [9.17, 15) is 4.79 Å². The van der Waals surface area contributed by atoms with Gasteiger partial charge in [-0.05, 0) is 0 Å². The maximum atomic E-state index is 10.5. The van der Waals surface area contributed by atoms with E-state index in [4.69, 9.17) is 11.6 Å². The number of halogens is 1. The first-order valence-corrected chi connectivity index (χ1v) is 3.90. The van der Waals surface area contributed by atoms with Gasteiger partial charge < -0.3 is 4.57 Å². The van der Waals surface area contributed by atoms with Crippen molar-refractivity contribution in [1.29, 1.82) is 0 Å². The van der Waals surface area contributed by atoms with E-state index in [2.05, 4.69) is 15.0 Å². The van der Waals surface area contributed by atoms with E-state index in [-0.39, 0.29) is 11.0 Å². The molecular weight excluding hydrogens is 192 g/mol. The molecule has 2 rings (SSSR count). The molecule has 5 nitrogen and oxygen atoms in total. The number of hydrogen-bond donors (Lipinski definition) is 0. The van der Waals surface area contributed by atoms with Crippen molar-refractivity contribution < 1.29 is 4.79 Å². The molecule has 0 unspecified atom stereocenters. The fourth-order valence-corrected chi connectivity index (χ4v) is 1.26. The summed E-state index contributed by atoms with van der Waals surface area (Å²) >= 11 is 5.76. The van der Waals surface area contributed by atoms with Crippen molar-refractivity contribution in [3.63, 3.8) is 0 Å². The first-order valence-electron chi connectivity index (χ1n) is 3.52. The zero-order valence-electron chi connectivity index (χ0n) is 6.73. The van der Waals surface area contributed by atoms with Crippen LogP contribution in [0.2, 0.25) is 5.15 Å². The van der Waals surface area contributed by atoms with Crippen LogP contribution >= 0.6 is 11.6 Å². The van der Waals surface area contributed by atoms with Gasteiger partial charge in [0.15, 0.2) is 22.9 Å². The van der Waals surface area contributed by atoms with Crippen molar-refractivity contribution in [2.45, 2.75) is 0 Å². The molecule has 2 aromatic rings. The van der Waals surface area contributed by atoms with E-state index in [1.54, 1.807) is 11.6 Å². The lowest BCUT2D eigenvalue weighted by Crippen LogP contribution is -1.95. The third-order valence-electron chi connectivity index (χ3n) is 1.75. The summed E-state index contributed by atoms with van der Waals surface area (Å²) in [5.41, 5.74) is 1.01. The minimum absolute atomic E-state index is 0.258. The highest BCUT2D eigenvalue weighted by Crippen LogP contribution is 2.17. The molecule has 0 radical (unpaired) electrons. The van der Waals surface area contributed by atoms with Crippen LogP contribution in [0.4, 0.5) is 0 Å². The number of nitrogens with zero attached hydrogens (tertiary/aromatic N) is 4. The Labute approximate surface area is 78.4 Å². The maximum absolute atomic E-state index is 10.5. The minimum Gasteiger partial charge on any atom is -0.309 e. The molecule has 0 aliphatic rings. The second kappa shape index (κ2) is 2.77. The van der Waals surface area contributed by atoms with Crippen LogP contribution in [0.5, 0.6) is 0 Å². The Kier molecular flexibility index (Phi) is 1.73. The number of carbonyl (C=O) groups is 1. The van der Waals surface area contributed by atoms with Crippen LogP contribution in [0.25, 0.3) is 11.2 Å². The highest BCUT2D eigenvalue weighted by Gasteiger charge is 2.10. The van der Waals surface area contributed by atoms with Gasteiger partial charge in [-0.2, -0.15) is 0 Å². The summed E-state index contributed by atoms with van der Waals surface area (Å²) in [6.07, 6.45) is 1.99. The monoisotopic (exact) mass is 196 g/mol. The molecule has 0 aliphatic carbocycles. The Morgan fingerprint density at radius 3 is 2.92 bits per heavy atom.